The zero-order chi connectivity index (χ0) is 26.0. The Hall–Kier alpha value is -3.43. The largest absolute Gasteiger partial charge is 0.496 e. The van der Waals surface area contributed by atoms with Crippen LogP contribution in [-0.2, 0) is 4.57 Å². The zero-order valence-corrected chi connectivity index (χ0v) is 22.0. The number of carbonyl (C=O) groups excluding carboxylic acids is 1. The van der Waals surface area contributed by atoms with Gasteiger partial charge >= 0.3 is 0 Å². The molecule has 0 radical (unpaired) electrons. The molecule has 186 valence electrons. The number of hydrogen-bond acceptors (Lipinski definition) is 4. The Kier molecular flexibility index (Phi) is 6.92. The van der Waals surface area contributed by atoms with E-state index in [1.54, 1.807) is 66.7 Å². The lowest BCUT2D eigenvalue weighted by molar-refractivity contribution is 0.105. The molecular weight excluding hydrogens is 503 g/mol. The Bertz CT molecular complexity index is 1460. The molecule has 0 atom stereocenters. The van der Waals surface area contributed by atoms with Gasteiger partial charge in [-0.1, -0.05) is 90.5 Å². The fourth-order valence-electron chi connectivity index (χ4n) is 4.68. The van der Waals surface area contributed by atoms with Gasteiger partial charge in [0.25, 0.3) is 0 Å². The lowest BCUT2D eigenvalue weighted by Gasteiger charge is -2.29. The van der Waals surface area contributed by atoms with Gasteiger partial charge in [-0.15, -0.1) is 0 Å². The number of ether oxygens (including phenoxy) is 1. The third-order valence-corrected chi connectivity index (χ3v) is 10.2. The van der Waals surface area contributed by atoms with E-state index >= 15 is 4.57 Å². The molecule has 0 saturated heterocycles. The number of methoxy groups -OCH3 is 1. The van der Waals surface area contributed by atoms with E-state index in [4.69, 9.17) is 16.3 Å². The average molecular weight is 529 g/mol. The fourth-order valence-corrected chi connectivity index (χ4v) is 8.15. The summed E-state index contributed by atoms with van der Waals surface area (Å²) in [5.41, 5.74) is -0.359. The molecule has 1 N–H and O–H groups in total. The molecule has 0 amide bonds. The molecule has 1 aliphatic rings. The van der Waals surface area contributed by atoms with Gasteiger partial charge in [-0.05, 0) is 43.2 Å². The lowest BCUT2D eigenvalue weighted by Crippen LogP contribution is -2.27. The van der Waals surface area contributed by atoms with Crippen LogP contribution in [-0.4, -0.2) is 23.6 Å². The molecule has 0 spiro atoms. The SMILES string of the molecule is COc1ccccc1/C(C(=O)c1ccc(Cl)cc1)=C(/C1(O)CC1)P(=O)(c1ccccc1)c1ccccc1. The van der Waals surface area contributed by atoms with Crippen molar-refractivity contribution in [1.82, 2.24) is 0 Å². The topological polar surface area (TPSA) is 63.6 Å². The number of ketones is 1. The highest BCUT2D eigenvalue weighted by Crippen LogP contribution is 2.65. The van der Waals surface area contributed by atoms with Gasteiger partial charge in [0.2, 0.25) is 0 Å². The molecule has 0 bridgehead atoms. The van der Waals surface area contributed by atoms with Gasteiger partial charge in [-0.3, -0.25) is 4.79 Å². The van der Waals surface area contributed by atoms with Crippen molar-refractivity contribution in [2.75, 3.05) is 7.11 Å². The molecule has 1 aliphatic carbocycles. The van der Waals surface area contributed by atoms with Crippen LogP contribution in [0.5, 0.6) is 5.75 Å². The van der Waals surface area contributed by atoms with E-state index in [1.807, 2.05) is 42.5 Å². The van der Waals surface area contributed by atoms with Gasteiger partial charge < -0.3 is 14.4 Å². The molecule has 1 fully saturated rings. The number of rotatable bonds is 8. The fraction of sp³-hybridized carbons (Fsp3) is 0.129. The van der Waals surface area contributed by atoms with Crippen molar-refractivity contribution in [3.8, 4) is 5.75 Å². The first-order valence-electron chi connectivity index (χ1n) is 12.0. The molecule has 6 heteroatoms. The second kappa shape index (κ2) is 10.1. The number of aliphatic hydroxyl groups is 1. The summed E-state index contributed by atoms with van der Waals surface area (Å²) >= 11 is 6.11. The smallest absolute Gasteiger partial charge is 0.194 e. The average Bonchev–Trinajstić information content (AvgIpc) is 3.69. The van der Waals surface area contributed by atoms with E-state index in [0.29, 0.717) is 45.3 Å². The van der Waals surface area contributed by atoms with Gasteiger partial charge in [-0.2, -0.15) is 0 Å². The molecule has 0 aliphatic heterocycles. The Morgan fingerprint density at radius 1 is 0.811 bits per heavy atom. The van der Waals surface area contributed by atoms with Crippen LogP contribution in [0.3, 0.4) is 0 Å². The second-order valence-electron chi connectivity index (χ2n) is 9.07. The van der Waals surface area contributed by atoms with Crippen molar-refractivity contribution in [3.63, 3.8) is 0 Å². The molecule has 5 rings (SSSR count). The Morgan fingerprint density at radius 3 is 1.84 bits per heavy atom. The van der Waals surface area contributed by atoms with Crippen LogP contribution in [0.25, 0.3) is 5.57 Å². The number of allylic oxidation sites excluding steroid dienone is 1. The maximum atomic E-state index is 15.6. The first-order valence-corrected chi connectivity index (χ1v) is 14.1. The highest BCUT2D eigenvalue weighted by Gasteiger charge is 2.54. The normalized spacial score (nSPS) is 15.0. The predicted octanol–water partition coefficient (Wildman–Crippen LogP) is 6.48. The molecule has 1 saturated carbocycles. The molecule has 4 aromatic carbocycles. The van der Waals surface area contributed by atoms with E-state index in [1.165, 1.54) is 7.11 Å². The maximum absolute atomic E-state index is 15.6. The second-order valence-corrected chi connectivity index (χ2v) is 12.2. The standard InChI is InChI=1S/C31H26ClO4P/c1-36-27-15-9-8-14-26(27)28(29(33)22-16-18-23(32)19-17-22)30(31(34)20-21-31)37(35,24-10-4-2-5-11-24)25-12-6-3-7-13-25/h2-19,34H,20-21H2,1H3/b30-28+. The zero-order valence-electron chi connectivity index (χ0n) is 20.3. The molecule has 0 heterocycles. The number of para-hydroxylation sites is 1. The summed E-state index contributed by atoms with van der Waals surface area (Å²) in [5.74, 6) is 0.0952. The number of halogens is 1. The summed E-state index contributed by atoms with van der Waals surface area (Å²) < 4.78 is 21.2. The van der Waals surface area contributed by atoms with Crippen molar-refractivity contribution in [2.45, 2.75) is 18.4 Å². The van der Waals surface area contributed by atoms with E-state index in [9.17, 15) is 9.90 Å². The van der Waals surface area contributed by atoms with Gasteiger partial charge in [0.15, 0.2) is 12.9 Å². The minimum Gasteiger partial charge on any atom is -0.496 e. The molecule has 37 heavy (non-hydrogen) atoms. The quantitative estimate of drug-likeness (QED) is 0.161. The van der Waals surface area contributed by atoms with Crippen LogP contribution < -0.4 is 15.3 Å². The van der Waals surface area contributed by atoms with Crippen LogP contribution in [0.1, 0.15) is 28.8 Å². The third kappa shape index (κ3) is 4.69. The van der Waals surface area contributed by atoms with E-state index in [-0.39, 0.29) is 16.7 Å². The monoisotopic (exact) mass is 528 g/mol. The van der Waals surface area contributed by atoms with Gasteiger partial charge in [0.05, 0.1) is 12.7 Å². The van der Waals surface area contributed by atoms with Gasteiger partial charge in [0.1, 0.15) is 5.75 Å². The molecule has 4 nitrogen and oxygen atoms in total. The number of carbonyl (C=O) groups is 1. The van der Waals surface area contributed by atoms with Crippen LogP contribution in [0, 0.1) is 0 Å². The first kappa shape index (κ1) is 25.2. The Balaban J connectivity index is 1.93. The maximum Gasteiger partial charge on any atom is 0.194 e. The van der Waals surface area contributed by atoms with Crippen LogP contribution in [0.15, 0.2) is 115 Å². The summed E-state index contributed by atoms with van der Waals surface area (Å²) in [7, 11) is -2.17. The van der Waals surface area contributed by atoms with Crippen LogP contribution in [0.2, 0.25) is 5.02 Å². The third-order valence-electron chi connectivity index (χ3n) is 6.67. The number of benzene rings is 4. The summed E-state index contributed by atoms with van der Waals surface area (Å²) in [4.78, 5) is 14.4. The van der Waals surface area contributed by atoms with Crippen molar-refractivity contribution in [1.29, 1.82) is 0 Å². The molecular formula is C31H26ClO4P. The van der Waals surface area contributed by atoms with Gasteiger partial charge in [-0.25, -0.2) is 0 Å². The van der Waals surface area contributed by atoms with Crippen LogP contribution >= 0.6 is 18.7 Å². The van der Waals surface area contributed by atoms with Gasteiger partial charge in [0, 0.05) is 37.6 Å². The predicted molar refractivity (Wildman–Crippen MR) is 150 cm³/mol. The van der Waals surface area contributed by atoms with E-state index < -0.39 is 12.7 Å². The van der Waals surface area contributed by atoms with Crippen molar-refractivity contribution in [2.24, 2.45) is 0 Å². The number of hydrogen-bond donors (Lipinski definition) is 1. The molecule has 0 aromatic heterocycles. The summed E-state index contributed by atoms with van der Waals surface area (Å²) in [6, 6.07) is 31.9. The summed E-state index contributed by atoms with van der Waals surface area (Å²) in [5, 5.41) is 13.7. The van der Waals surface area contributed by atoms with E-state index in [2.05, 4.69) is 0 Å². The Labute approximate surface area is 221 Å². The van der Waals surface area contributed by atoms with E-state index in [0.717, 1.165) is 0 Å². The highest BCUT2D eigenvalue weighted by molar-refractivity contribution is 7.82. The summed E-state index contributed by atoms with van der Waals surface area (Å²) in [6.07, 6.45) is 0.803. The Morgan fingerprint density at radius 2 is 1.32 bits per heavy atom. The molecule has 4 aromatic rings. The lowest BCUT2D eigenvalue weighted by atomic mass is 9.94. The van der Waals surface area contributed by atoms with Crippen molar-refractivity contribution < 1.29 is 19.2 Å². The van der Waals surface area contributed by atoms with Crippen molar-refractivity contribution in [3.05, 3.63) is 131 Å². The minimum atomic E-state index is -3.70. The molecule has 0 unspecified atom stereocenters. The highest BCUT2D eigenvalue weighted by atomic mass is 35.5. The summed E-state index contributed by atoms with van der Waals surface area (Å²) in [6.45, 7) is 0. The van der Waals surface area contributed by atoms with Crippen molar-refractivity contribution >= 4 is 40.7 Å². The van der Waals surface area contributed by atoms with Crippen LogP contribution in [0.4, 0.5) is 0 Å². The first-order chi connectivity index (χ1) is 17.9. The minimum absolute atomic E-state index is 0.191. The number of Topliss-reactive ketones (excluding diaryl/α,β-unsaturated/α-hetero) is 1.